The van der Waals surface area contributed by atoms with E-state index in [1.54, 1.807) is 19.1 Å². The number of amides is 1. The molecular formula is C10H12N2O2. The second kappa shape index (κ2) is 3.21. The molecule has 0 bridgehead atoms. The van der Waals surface area contributed by atoms with Gasteiger partial charge in [0.25, 0.3) is 0 Å². The van der Waals surface area contributed by atoms with Crippen LogP contribution in [0.1, 0.15) is 0 Å². The highest BCUT2D eigenvalue weighted by atomic mass is 16.5. The second-order valence-corrected chi connectivity index (χ2v) is 3.19. The van der Waals surface area contributed by atoms with E-state index in [-0.39, 0.29) is 5.91 Å². The molecule has 0 fully saturated rings. The summed E-state index contributed by atoms with van der Waals surface area (Å²) in [6.07, 6.45) is 0. The van der Waals surface area contributed by atoms with Crippen molar-refractivity contribution in [1.82, 2.24) is 0 Å². The van der Waals surface area contributed by atoms with Crippen molar-refractivity contribution in [2.24, 2.45) is 0 Å². The zero-order chi connectivity index (χ0) is 10.1. The lowest BCUT2D eigenvalue weighted by atomic mass is 10.2. The van der Waals surface area contributed by atoms with E-state index in [0.29, 0.717) is 6.54 Å². The fourth-order valence-electron chi connectivity index (χ4n) is 1.49. The van der Waals surface area contributed by atoms with Gasteiger partial charge in [0, 0.05) is 13.1 Å². The third-order valence-electron chi connectivity index (χ3n) is 2.37. The predicted octanol–water partition coefficient (Wildman–Crippen LogP) is 1.08. The summed E-state index contributed by atoms with van der Waals surface area (Å²) in [6.45, 7) is 0.357. The van der Waals surface area contributed by atoms with Crippen molar-refractivity contribution in [3.05, 3.63) is 18.2 Å². The van der Waals surface area contributed by atoms with Gasteiger partial charge in [-0.2, -0.15) is 0 Å². The van der Waals surface area contributed by atoms with Crippen LogP contribution in [-0.4, -0.2) is 26.6 Å². The molecular weight excluding hydrogens is 180 g/mol. The van der Waals surface area contributed by atoms with E-state index in [2.05, 4.69) is 5.32 Å². The van der Waals surface area contributed by atoms with Gasteiger partial charge in [0.2, 0.25) is 5.91 Å². The molecule has 0 aromatic heterocycles. The number of anilines is 2. The smallest absolute Gasteiger partial charge is 0.246 e. The number of hydrogen-bond donors (Lipinski definition) is 1. The van der Waals surface area contributed by atoms with Gasteiger partial charge in [-0.15, -0.1) is 0 Å². The highest BCUT2D eigenvalue weighted by Gasteiger charge is 2.20. The van der Waals surface area contributed by atoms with Gasteiger partial charge in [-0.1, -0.05) is 0 Å². The van der Waals surface area contributed by atoms with Gasteiger partial charge in [-0.3, -0.25) is 4.79 Å². The van der Waals surface area contributed by atoms with Gasteiger partial charge in [-0.05, 0) is 12.1 Å². The average molecular weight is 192 g/mol. The molecule has 0 aliphatic carbocycles. The molecule has 1 amide bonds. The van der Waals surface area contributed by atoms with Gasteiger partial charge in [0.1, 0.15) is 5.75 Å². The second-order valence-electron chi connectivity index (χ2n) is 3.19. The number of nitrogens with one attached hydrogen (secondary N) is 1. The Bertz CT molecular complexity index is 376. The van der Waals surface area contributed by atoms with E-state index < -0.39 is 0 Å². The molecule has 0 unspecified atom stereocenters. The Balaban J connectivity index is 2.46. The van der Waals surface area contributed by atoms with E-state index in [4.69, 9.17) is 4.74 Å². The first-order chi connectivity index (χ1) is 6.72. The van der Waals surface area contributed by atoms with Crippen molar-refractivity contribution in [1.29, 1.82) is 0 Å². The van der Waals surface area contributed by atoms with Crippen LogP contribution < -0.4 is 15.0 Å². The van der Waals surface area contributed by atoms with Gasteiger partial charge in [-0.25, -0.2) is 0 Å². The summed E-state index contributed by atoms with van der Waals surface area (Å²) in [5, 5.41) is 3.05. The minimum absolute atomic E-state index is 0.0609. The van der Waals surface area contributed by atoms with Crippen LogP contribution in [0.4, 0.5) is 11.4 Å². The molecule has 1 heterocycles. The van der Waals surface area contributed by atoms with E-state index in [1.807, 2.05) is 18.2 Å². The van der Waals surface area contributed by atoms with Crippen LogP contribution in [0.25, 0.3) is 0 Å². The molecule has 1 aromatic carbocycles. The summed E-state index contributed by atoms with van der Waals surface area (Å²) in [5.41, 5.74) is 1.83. The third kappa shape index (κ3) is 1.28. The number of carbonyl (C=O) groups is 1. The van der Waals surface area contributed by atoms with Crippen molar-refractivity contribution in [3.63, 3.8) is 0 Å². The number of rotatable bonds is 1. The third-order valence-corrected chi connectivity index (χ3v) is 2.37. The number of likely N-dealkylation sites (N-methyl/N-ethyl adjacent to an activating group) is 1. The maximum atomic E-state index is 11.4. The average Bonchev–Trinajstić information content (AvgIpc) is 2.23. The summed E-state index contributed by atoms with van der Waals surface area (Å²) in [7, 11) is 3.38. The van der Waals surface area contributed by atoms with Crippen LogP contribution >= 0.6 is 0 Å². The molecule has 2 rings (SSSR count). The van der Waals surface area contributed by atoms with Crippen LogP contribution in [0.15, 0.2) is 18.2 Å². The standard InChI is InChI=1S/C10H12N2O2/c1-12-9-5-7(14-2)3-4-8(9)11-6-10(12)13/h3-5,11H,6H2,1-2H3. The fraction of sp³-hybridized carbons (Fsp3) is 0.300. The van der Waals surface area contributed by atoms with Crippen LogP contribution in [0.2, 0.25) is 0 Å². The largest absolute Gasteiger partial charge is 0.497 e. The van der Waals surface area contributed by atoms with E-state index in [1.165, 1.54) is 0 Å². The quantitative estimate of drug-likeness (QED) is 0.724. The van der Waals surface area contributed by atoms with Crippen molar-refractivity contribution < 1.29 is 9.53 Å². The van der Waals surface area contributed by atoms with Crippen LogP contribution in [-0.2, 0) is 4.79 Å². The van der Waals surface area contributed by atoms with Gasteiger partial charge >= 0.3 is 0 Å². The highest BCUT2D eigenvalue weighted by molar-refractivity contribution is 6.02. The lowest BCUT2D eigenvalue weighted by Gasteiger charge is -2.26. The SMILES string of the molecule is COc1ccc2c(c1)N(C)C(=O)CN2. The van der Waals surface area contributed by atoms with Gasteiger partial charge in [0.05, 0.1) is 25.0 Å². The Morgan fingerprint density at radius 1 is 1.50 bits per heavy atom. The molecule has 0 spiro atoms. The summed E-state index contributed by atoms with van der Waals surface area (Å²) in [4.78, 5) is 13.0. The van der Waals surface area contributed by atoms with Crippen LogP contribution in [0.3, 0.4) is 0 Å². The van der Waals surface area contributed by atoms with Crippen molar-refractivity contribution >= 4 is 17.3 Å². The maximum absolute atomic E-state index is 11.4. The predicted molar refractivity (Wildman–Crippen MR) is 54.9 cm³/mol. The van der Waals surface area contributed by atoms with E-state index in [9.17, 15) is 4.79 Å². The number of hydrogen-bond acceptors (Lipinski definition) is 3. The molecule has 0 saturated heterocycles. The summed E-state index contributed by atoms with van der Waals surface area (Å²) < 4.78 is 5.10. The number of ether oxygens (including phenoxy) is 1. The zero-order valence-electron chi connectivity index (χ0n) is 8.20. The lowest BCUT2D eigenvalue weighted by molar-refractivity contribution is -0.116. The Morgan fingerprint density at radius 3 is 3.00 bits per heavy atom. The Morgan fingerprint density at radius 2 is 2.29 bits per heavy atom. The molecule has 1 N–H and O–H groups in total. The molecule has 74 valence electrons. The molecule has 0 atom stereocenters. The molecule has 14 heavy (non-hydrogen) atoms. The first-order valence-corrected chi connectivity index (χ1v) is 4.41. The number of carbonyl (C=O) groups excluding carboxylic acids is 1. The Kier molecular flexibility index (Phi) is 2.04. The Hall–Kier alpha value is -1.71. The van der Waals surface area contributed by atoms with Crippen molar-refractivity contribution in [2.75, 3.05) is 30.9 Å². The monoisotopic (exact) mass is 192 g/mol. The van der Waals surface area contributed by atoms with Crippen LogP contribution in [0, 0.1) is 0 Å². The topological polar surface area (TPSA) is 41.6 Å². The van der Waals surface area contributed by atoms with E-state index in [0.717, 1.165) is 17.1 Å². The van der Waals surface area contributed by atoms with Crippen molar-refractivity contribution in [3.8, 4) is 5.75 Å². The van der Waals surface area contributed by atoms with Gasteiger partial charge in [0.15, 0.2) is 0 Å². The molecule has 4 nitrogen and oxygen atoms in total. The Labute approximate surface area is 82.5 Å². The highest BCUT2D eigenvalue weighted by Crippen LogP contribution is 2.31. The van der Waals surface area contributed by atoms with Crippen molar-refractivity contribution in [2.45, 2.75) is 0 Å². The number of nitrogens with zero attached hydrogens (tertiary/aromatic N) is 1. The molecule has 1 aliphatic heterocycles. The molecule has 0 saturated carbocycles. The molecule has 4 heteroatoms. The lowest BCUT2D eigenvalue weighted by Crippen LogP contribution is -2.36. The summed E-state index contributed by atoms with van der Waals surface area (Å²) >= 11 is 0. The van der Waals surface area contributed by atoms with Crippen LogP contribution in [0.5, 0.6) is 5.75 Å². The number of methoxy groups -OCH3 is 1. The number of fused-ring (bicyclic) bond motifs is 1. The normalized spacial score (nSPS) is 14.7. The zero-order valence-corrected chi connectivity index (χ0v) is 8.20. The fourth-order valence-corrected chi connectivity index (χ4v) is 1.49. The first kappa shape index (κ1) is 8.87. The maximum Gasteiger partial charge on any atom is 0.246 e. The number of benzene rings is 1. The summed E-state index contributed by atoms with van der Waals surface area (Å²) in [6, 6.07) is 5.63. The minimum Gasteiger partial charge on any atom is -0.497 e. The molecule has 0 radical (unpaired) electrons. The van der Waals surface area contributed by atoms with Gasteiger partial charge < -0.3 is 15.0 Å². The molecule has 1 aliphatic rings. The summed E-state index contributed by atoms with van der Waals surface area (Å²) in [5.74, 6) is 0.817. The first-order valence-electron chi connectivity index (χ1n) is 4.41. The molecule has 1 aromatic rings. The minimum atomic E-state index is 0.0609. The van der Waals surface area contributed by atoms with E-state index >= 15 is 0 Å².